The van der Waals surface area contributed by atoms with Gasteiger partial charge in [-0.1, -0.05) is 6.92 Å². The number of rotatable bonds is 2. The third kappa shape index (κ3) is 2.30. The van der Waals surface area contributed by atoms with Crippen molar-refractivity contribution < 1.29 is 14.7 Å². The summed E-state index contributed by atoms with van der Waals surface area (Å²) in [5.41, 5.74) is -0.124. The summed E-state index contributed by atoms with van der Waals surface area (Å²) in [6.45, 7) is 3.50. The number of carboxylic acids is 1. The van der Waals surface area contributed by atoms with Crippen LogP contribution in [-0.4, -0.2) is 44.9 Å². The van der Waals surface area contributed by atoms with Gasteiger partial charge < -0.3 is 15.0 Å². The molecule has 0 spiro atoms. The van der Waals surface area contributed by atoms with Gasteiger partial charge in [0, 0.05) is 13.1 Å². The van der Waals surface area contributed by atoms with Crippen LogP contribution < -0.4 is 0 Å². The number of hydrogen-bond donors (Lipinski definition) is 2. The van der Waals surface area contributed by atoms with Crippen molar-refractivity contribution in [2.75, 3.05) is 13.1 Å². The Morgan fingerprint density at radius 1 is 1.47 bits per heavy atom. The van der Waals surface area contributed by atoms with Crippen LogP contribution in [-0.2, 0) is 0 Å². The first kappa shape index (κ1) is 11.6. The lowest BCUT2D eigenvalue weighted by molar-refractivity contribution is 0.0648. The smallest absolute Gasteiger partial charge is 0.354 e. The Bertz CT molecular complexity index is 433. The Kier molecular flexibility index (Phi) is 3.12. The van der Waals surface area contributed by atoms with Crippen molar-refractivity contribution in [3.05, 3.63) is 17.7 Å². The highest BCUT2D eigenvalue weighted by Crippen LogP contribution is 2.18. The molecule has 0 aliphatic carbocycles. The van der Waals surface area contributed by atoms with Crippen LogP contribution in [0.25, 0.3) is 0 Å². The molecule has 6 heteroatoms. The van der Waals surface area contributed by atoms with E-state index in [2.05, 4.69) is 16.9 Å². The number of amides is 1. The average molecular weight is 237 g/mol. The summed E-state index contributed by atoms with van der Waals surface area (Å²) in [5, 5.41) is 8.90. The molecule has 1 saturated heterocycles. The summed E-state index contributed by atoms with van der Waals surface area (Å²) in [6.07, 6.45) is 3.15. The second-order valence-corrected chi connectivity index (χ2v) is 4.41. The minimum atomic E-state index is -1.16. The average Bonchev–Trinajstić information content (AvgIpc) is 2.78. The Hall–Kier alpha value is -1.85. The van der Waals surface area contributed by atoms with Crippen molar-refractivity contribution in [3.63, 3.8) is 0 Å². The molecule has 1 amide bonds. The molecule has 1 aromatic heterocycles. The van der Waals surface area contributed by atoms with Crippen molar-refractivity contribution in [1.29, 1.82) is 0 Å². The van der Waals surface area contributed by atoms with Crippen LogP contribution in [0.2, 0.25) is 0 Å². The van der Waals surface area contributed by atoms with E-state index >= 15 is 0 Å². The van der Waals surface area contributed by atoms with Gasteiger partial charge in [-0.2, -0.15) is 0 Å². The zero-order valence-electron chi connectivity index (χ0n) is 9.64. The number of likely N-dealkylation sites (tertiary alicyclic amines) is 1. The molecule has 92 valence electrons. The van der Waals surface area contributed by atoms with Gasteiger partial charge in [0.2, 0.25) is 0 Å². The van der Waals surface area contributed by atoms with Crippen LogP contribution in [0.5, 0.6) is 0 Å². The Morgan fingerprint density at radius 2 is 2.12 bits per heavy atom. The van der Waals surface area contributed by atoms with Crippen molar-refractivity contribution in [2.24, 2.45) is 5.92 Å². The first-order chi connectivity index (χ1) is 8.09. The van der Waals surface area contributed by atoms with Gasteiger partial charge in [0.15, 0.2) is 11.4 Å². The van der Waals surface area contributed by atoms with Gasteiger partial charge in [0.1, 0.15) is 0 Å². The van der Waals surface area contributed by atoms with Crippen molar-refractivity contribution in [2.45, 2.75) is 19.8 Å². The molecule has 1 aliphatic rings. The third-order valence-corrected chi connectivity index (χ3v) is 3.13. The maximum Gasteiger partial charge on any atom is 0.354 e. The Morgan fingerprint density at radius 3 is 2.71 bits per heavy atom. The summed E-state index contributed by atoms with van der Waals surface area (Å²) in [4.78, 5) is 30.9. The standard InChI is InChI=1S/C11H15N3O3/c1-7-2-4-14(5-3-7)10(15)8-9(11(16)17)13-6-12-8/h6-7H,2-5H2,1H3,(H,12,13)(H,16,17). The van der Waals surface area contributed by atoms with Gasteiger partial charge in [0.25, 0.3) is 5.91 Å². The molecule has 1 aromatic rings. The fourth-order valence-electron chi connectivity index (χ4n) is 1.98. The van der Waals surface area contributed by atoms with Crippen molar-refractivity contribution in [1.82, 2.24) is 14.9 Å². The summed E-state index contributed by atoms with van der Waals surface area (Å²) in [6, 6.07) is 0. The number of nitrogens with one attached hydrogen (secondary N) is 1. The molecule has 0 radical (unpaired) electrons. The largest absolute Gasteiger partial charge is 0.477 e. The monoisotopic (exact) mass is 237 g/mol. The van der Waals surface area contributed by atoms with Gasteiger partial charge >= 0.3 is 5.97 Å². The SMILES string of the molecule is CC1CCN(C(=O)c2nc[nH]c2C(=O)O)CC1. The van der Waals surface area contributed by atoms with Crippen molar-refractivity contribution >= 4 is 11.9 Å². The third-order valence-electron chi connectivity index (χ3n) is 3.13. The number of hydrogen-bond acceptors (Lipinski definition) is 3. The summed E-state index contributed by atoms with van der Waals surface area (Å²) < 4.78 is 0. The van der Waals surface area contributed by atoms with Gasteiger partial charge in [-0.3, -0.25) is 4.79 Å². The summed E-state index contributed by atoms with van der Waals surface area (Å²) in [7, 11) is 0. The zero-order chi connectivity index (χ0) is 12.4. The molecule has 0 unspecified atom stereocenters. The minimum absolute atomic E-state index is 0.00653. The number of H-pyrrole nitrogens is 1. The molecular weight excluding hydrogens is 222 g/mol. The molecule has 1 aliphatic heterocycles. The number of carbonyl (C=O) groups excluding carboxylic acids is 1. The molecule has 2 N–H and O–H groups in total. The van der Waals surface area contributed by atoms with E-state index in [4.69, 9.17) is 5.11 Å². The van der Waals surface area contributed by atoms with Crippen LogP contribution >= 0.6 is 0 Å². The number of aromatic carboxylic acids is 1. The molecule has 0 aromatic carbocycles. The normalized spacial score (nSPS) is 17.1. The Labute approximate surface area is 98.7 Å². The van der Waals surface area contributed by atoms with Crippen LogP contribution in [0, 0.1) is 5.92 Å². The summed E-state index contributed by atoms with van der Waals surface area (Å²) in [5.74, 6) is -0.830. The van der Waals surface area contributed by atoms with Crippen molar-refractivity contribution in [3.8, 4) is 0 Å². The van der Waals surface area contributed by atoms with Crippen LogP contribution in [0.15, 0.2) is 6.33 Å². The number of imidazole rings is 1. The lowest BCUT2D eigenvalue weighted by atomic mass is 9.99. The first-order valence-electron chi connectivity index (χ1n) is 5.65. The number of aromatic nitrogens is 2. The van der Waals surface area contributed by atoms with E-state index in [1.165, 1.54) is 6.33 Å². The van der Waals surface area contributed by atoms with Gasteiger partial charge in [-0.15, -0.1) is 0 Å². The predicted molar refractivity (Wildman–Crippen MR) is 59.8 cm³/mol. The number of nitrogens with zero attached hydrogens (tertiary/aromatic N) is 2. The molecule has 2 heterocycles. The molecule has 6 nitrogen and oxygen atoms in total. The highest BCUT2D eigenvalue weighted by atomic mass is 16.4. The number of carboxylic acid groups (broad SMARTS) is 1. The Balaban J connectivity index is 2.14. The molecule has 0 bridgehead atoms. The predicted octanol–water partition coefficient (Wildman–Crippen LogP) is 0.980. The maximum absolute atomic E-state index is 12.1. The minimum Gasteiger partial charge on any atom is -0.477 e. The molecule has 1 fully saturated rings. The fourth-order valence-corrected chi connectivity index (χ4v) is 1.98. The van der Waals surface area contributed by atoms with E-state index in [1.807, 2.05) is 0 Å². The van der Waals surface area contributed by atoms with Crippen LogP contribution in [0.4, 0.5) is 0 Å². The lowest BCUT2D eigenvalue weighted by Gasteiger charge is -2.29. The number of aromatic amines is 1. The van der Waals surface area contributed by atoms with E-state index in [0.717, 1.165) is 12.8 Å². The highest BCUT2D eigenvalue weighted by Gasteiger charge is 2.26. The number of carbonyl (C=O) groups is 2. The van der Waals surface area contributed by atoms with E-state index in [0.29, 0.717) is 19.0 Å². The van der Waals surface area contributed by atoms with Crippen LogP contribution in [0.1, 0.15) is 40.7 Å². The van der Waals surface area contributed by atoms with Gasteiger partial charge in [-0.05, 0) is 18.8 Å². The fraction of sp³-hybridized carbons (Fsp3) is 0.545. The second kappa shape index (κ2) is 4.57. The zero-order valence-corrected chi connectivity index (χ0v) is 9.64. The van der Waals surface area contributed by atoms with Gasteiger partial charge in [0.05, 0.1) is 6.33 Å². The van der Waals surface area contributed by atoms with E-state index in [-0.39, 0.29) is 17.3 Å². The molecule has 0 saturated carbocycles. The molecule has 2 rings (SSSR count). The quantitative estimate of drug-likeness (QED) is 0.802. The maximum atomic E-state index is 12.1. The first-order valence-corrected chi connectivity index (χ1v) is 5.65. The summed E-state index contributed by atoms with van der Waals surface area (Å²) >= 11 is 0. The van der Waals surface area contributed by atoms with Gasteiger partial charge in [-0.25, -0.2) is 9.78 Å². The lowest BCUT2D eigenvalue weighted by Crippen LogP contribution is -2.38. The van der Waals surface area contributed by atoms with E-state index < -0.39 is 5.97 Å². The molecule has 0 atom stereocenters. The van der Waals surface area contributed by atoms with Crippen LogP contribution in [0.3, 0.4) is 0 Å². The van der Waals surface area contributed by atoms with E-state index in [1.54, 1.807) is 4.90 Å². The topological polar surface area (TPSA) is 86.3 Å². The van der Waals surface area contributed by atoms with E-state index in [9.17, 15) is 9.59 Å². The molecular formula is C11H15N3O3. The number of piperidine rings is 1. The highest BCUT2D eigenvalue weighted by molar-refractivity contribution is 6.02. The molecule has 17 heavy (non-hydrogen) atoms. The second-order valence-electron chi connectivity index (χ2n) is 4.41.